The molecule has 3 unspecified atom stereocenters. The Hall–Kier alpha value is -1.50. The Morgan fingerprint density at radius 1 is 1.39 bits per heavy atom. The van der Waals surface area contributed by atoms with E-state index in [0.717, 1.165) is 6.42 Å². The fourth-order valence-corrected chi connectivity index (χ4v) is 2.48. The molecule has 0 aromatic heterocycles. The van der Waals surface area contributed by atoms with Crippen molar-refractivity contribution in [3.8, 4) is 12.3 Å². The van der Waals surface area contributed by atoms with Gasteiger partial charge in [0.15, 0.2) is 0 Å². The summed E-state index contributed by atoms with van der Waals surface area (Å²) in [6.45, 7) is 5.48. The first-order valence-corrected chi connectivity index (χ1v) is 6.33. The summed E-state index contributed by atoms with van der Waals surface area (Å²) >= 11 is 0. The van der Waals surface area contributed by atoms with E-state index >= 15 is 0 Å². The van der Waals surface area contributed by atoms with Crippen molar-refractivity contribution in [2.75, 3.05) is 0 Å². The lowest BCUT2D eigenvalue weighted by Gasteiger charge is -2.23. The molecule has 18 heavy (non-hydrogen) atoms. The van der Waals surface area contributed by atoms with Gasteiger partial charge in [0, 0.05) is 0 Å². The molecule has 0 aromatic carbocycles. The van der Waals surface area contributed by atoms with E-state index in [0.29, 0.717) is 18.8 Å². The van der Waals surface area contributed by atoms with Crippen molar-refractivity contribution in [1.29, 1.82) is 0 Å². The van der Waals surface area contributed by atoms with E-state index in [1.165, 1.54) is 0 Å². The van der Waals surface area contributed by atoms with Gasteiger partial charge in [-0.25, -0.2) is 0 Å². The summed E-state index contributed by atoms with van der Waals surface area (Å²) < 4.78 is 0. The molecule has 2 N–H and O–H groups in total. The lowest BCUT2D eigenvalue weighted by molar-refractivity contribution is -0.146. The number of aliphatic carboxylic acids is 1. The van der Waals surface area contributed by atoms with Crippen molar-refractivity contribution in [1.82, 2.24) is 5.32 Å². The highest BCUT2D eigenvalue weighted by Crippen LogP contribution is 2.38. The van der Waals surface area contributed by atoms with E-state index in [-0.39, 0.29) is 5.91 Å². The number of carbonyl (C=O) groups is 2. The fourth-order valence-electron chi connectivity index (χ4n) is 2.48. The van der Waals surface area contributed by atoms with E-state index in [9.17, 15) is 14.7 Å². The molecule has 4 nitrogen and oxygen atoms in total. The number of amides is 1. The summed E-state index contributed by atoms with van der Waals surface area (Å²) in [4.78, 5) is 23.3. The second-order valence-corrected chi connectivity index (χ2v) is 5.56. The van der Waals surface area contributed by atoms with Gasteiger partial charge in [0.25, 0.3) is 0 Å². The monoisotopic (exact) mass is 251 g/mol. The zero-order valence-electron chi connectivity index (χ0n) is 11.2. The Kier molecular flexibility index (Phi) is 4.39. The molecule has 0 aliphatic heterocycles. The van der Waals surface area contributed by atoms with Crippen LogP contribution in [-0.2, 0) is 9.59 Å². The maximum Gasteiger partial charge on any atom is 0.307 e. The molecule has 0 radical (unpaired) electrons. The van der Waals surface area contributed by atoms with Gasteiger partial charge in [-0.15, -0.1) is 6.42 Å². The third kappa shape index (κ3) is 3.25. The second kappa shape index (κ2) is 5.43. The Balaban J connectivity index is 2.78. The number of rotatable bonds is 4. The van der Waals surface area contributed by atoms with E-state index in [2.05, 4.69) is 11.2 Å². The molecule has 0 aromatic rings. The van der Waals surface area contributed by atoms with Crippen molar-refractivity contribution in [2.45, 2.75) is 45.6 Å². The number of hydrogen-bond acceptors (Lipinski definition) is 2. The molecule has 1 fully saturated rings. The zero-order chi connectivity index (χ0) is 13.9. The van der Waals surface area contributed by atoms with Crippen LogP contribution in [0, 0.1) is 30.1 Å². The van der Waals surface area contributed by atoms with Gasteiger partial charge in [-0.2, -0.15) is 0 Å². The molecule has 3 atom stereocenters. The predicted octanol–water partition coefficient (Wildman–Crippen LogP) is 1.65. The minimum absolute atomic E-state index is 0.235. The van der Waals surface area contributed by atoms with Gasteiger partial charge in [-0.1, -0.05) is 19.3 Å². The maximum absolute atomic E-state index is 12.1. The van der Waals surface area contributed by atoms with Crippen LogP contribution in [0.1, 0.15) is 40.0 Å². The Bertz CT molecular complexity index is 381. The number of carboxylic acids is 1. The van der Waals surface area contributed by atoms with Crippen LogP contribution < -0.4 is 5.32 Å². The first-order valence-electron chi connectivity index (χ1n) is 6.33. The molecule has 1 saturated carbocycles. The van der Waals surface area contributed by atoms with Crippen LogP contribution in [0.15, 0.2) is 0 Å². The molecule has 0 heterocycles. The Labute approximate surface area is 108 Å². The van der Waals surface area contributed by atoms with Crippen LogP contribution in [0.25, 0.3) is 0 Å². The van der Waals surface area contributed by atoms with Crippen molar-refractivity contribution in [2.24, 2.45) is 17.8 Å². The number of carbonyl (C=O) groups excluding carboxylic acids is 1. The van der Waals surface area contributed by atoms with Gasteiger partial charge in [-0.05, 0) is 32.6 Å². The summed E-state index contributed by atoms with van der Waals surface area (Å²) in [5.41, 5.74) is -0.732. The van der Waals surface area contributed by atoms with Gasteiger partial charge in [-0.3, -0.25) is 9.59 Å². The molecular formula is C14H21NO3. The fraction of sp³-hybridized carbons (Fsp3) is 0.714. The van der Waals surface area contributed by atoms with Gasteiger partial charge in [0.2, 0.25) is 5.91 Å². The smallest absolute Gasteiger partial charge is 0.307 e. The van der Waals surface area contributed by atoms with Crippen LogP contribution in [0.5, 0.6) is 0 Å². The molecule has 4 heteroatoms. The zero-order valence-corrected chi connectivity index (χ0v) is 11.2. The second-order valence-electron chi connectivity index (χ2n) is 5.56. The topological polar surface area (TPSA) is 66.4 Å². The summed E-state index contributed by atoms with van der Waals surface area (Å²) in [5, 5.41) is 11.9. The van der Waals surface area contributed by atoms with Crippen LogP contribution >= 0.6 is 0 Å². The van der Waals surface area contributed by atoms with Gasteiger partial charge in [0.1, 0.15) is 0 Å². The van der Waals surface area contributed by atoms with E-state index in [1.807, 2.05) is 6.92 Å². The average molecular weight is 251 g/mol. The Morgan fingerprint density at radius 3 is 2.39 bits per heavy atom. The molecule has 0 spiro atoms. The van der Waals surface area contributed by atoms with E-state index < -0.39 is 23.3 Å². The van der Waals surface area contributed by atoms with Crippen molar-refractivity contribution >= 4 is 11.9 Å². The number of carboxylic acid groups (broad SMARTS) is 1. The summed E-state index contributed by atoms with van der Waals surface area (Å²) in [6.07, 6.45) is 7.45. The van der Waals surface area contributed by atoms with Crippen molar-refractivity contribution in [3.63, 3.8) is 0 Å². The first-order chi connectivity index (χ1) is 8.30. The van der Waals surface area contributed by atoms with Crippen LogP contribution in [-0.4, -0.2) is 22.5 Å². The normalized spacial score (nSPS) is 27.6. The largest absolute Gasteiger partial charge is 0.481 e. The highest BCUT2D eigenvalue weighted by molar-refractivity contribution is 5.86. The van der Waals surface area contributed by atoms with Gasteiger partial charge >= 0.3 is 5.97 Å². The van der Waals surface area contributed by atoms with Gasteiger partial charge < -0.3 is 10.4 Å². The van der Waals surface area contributed by atoms with Crippen LogP contribution in [0.2, 0.25) is 0 Å². The highest BCUT2D eigenvalue weighted by Gasteiger charge is 2.42. The summed E-state index contributed by atoms with van der Waals surface area (Å²) in [7, 11) is 0. The number of hydrogen-bond donors (Lipinski definition) is 2. The minimum atomic E-state index is -0.885. The molecule has 0 saturated heterocycles. The van der Waals surface area contributed by atoms with Gasteiger partial charge in [0.05, 0.1) is 17.4 Å². The standard InChI is InChI=1S/C14H21NO3/c1-5-9-7-10(11(8-9)13(17)18)12(16)15-14(3,4)6-2/h2,9-11H,5,7-8H2,1,3-4H3,(H,15,16)(H,17,18). The van der Waals surface area contributed by atoms with E-state index in [1.54, 1.807) is 13.8 Å². The predicted molar refractivity (Wildman–Crippen MR) is 68.7 cm³/mol. The average Bonchev–Trinajstić information content (AvgIpc) is 2.72. The maximum atomic E-state index is 12.1. The number of nitrogens with one attached hydrogen (secondary N) is 1. The van der Waals surface area contributed by atoms with Crippen LogP contribution in [0.3, 0.4) is 0 Å². The van der Waals surface area contributed by atoms with Crippen molar-refractivity contribution < 1.29 is 14.7 Å². The third-order valence-corrected chi connectivity index (χ3v) is 3.69. The third-order valence-electron chi connectivity index (χ3n) is 3.69. The molecule has 1 amide bonds. The summed E-state index contributed by atoms with van der Waals surface area (Å²) in [5.74, 6) is 0.643. The SMILES string of the molecule is C#CC(C)(C)NC(=O)C1CC(CC)CC1C(=O)O. The first kappa shape index (κ1) is 14.6. The lowest BCUT2D eigenvalue weighted by Crippen LogP contribution is -2.46. The lowest BCUT2D eigenvalue weighted by atomic mass is 9.94. The van der Waals surface area contributed by atoms with Crippen LogP contribution in [0.4, 0.5) is 0 Å². The minimum Gasteiger partial charge on any atom is -0.481 e. The highest BCUT2D eigenvalue weighted by atomic mass is 16.4. The quantitative estimate of drug-likeness (QED) is 0.747. The molecule has 0 bridgehead atoms. The summed E-state index contributed by atoms with van der Waals surface area (Å²) in [6, 6.07) is 0. The molecular weight excluding hydrogens is 230 g/mol. The molecule has 1 aliphatic rings. The van der Waals surface area contributed by atoms with E-state index in [4.69, 9.17) is 6.42 Å². The molecule has 100 valence electrons. The molecule has 1 aliphatic carbocycles. The van der Waals surface area contributed by atoms with Crippen molar-refractivity contribution in [3.05, 3.63) is 0 Å². The molecule has 1 rings (SSSR count). The number of terminal acetylenes is 1. The Morgan fingerprint density at radius 2 is 1.94 bits per heavy atom.